The van der Waals surface area contributed by atoms with Gasteiger partial charge in [-0.3, -0.25) is 4.98 Å². The molecule has 1 aromatic heterocycles. The predicted octanol–water partition coefficient (Wildman–Crippen LogP) is 4.40. The Morgan fingerprint density at radius 3 is 2.70 bits per heavy atom. The standard InChI is InChI=1S/C15H10ClFN2O/c16-10-4-2-6-13(14(10)17)20-12-7-8-19-15-9(12)3-1-5-11(15)18/h1-8H,18H2. The number of anilines is 1. The average molecular weight is 289 g/mol. The van der Waals surface area contributed by atoms with Crippen molar-refractivity contribution in [1.29, 1.82) is 0 Å². The zero-order chi connectivity index (χ0) is 14.1. The van der Waals surface area contributed by atoms with Crippen LogP contribution in [0.1, 0.15) is 0 Å². The summed E-state index contributed by atoms with van der Waals surface area (Å²) in [7, 11) is 0. The zero-order valence-electron chi connectivity index (χ0n) is 10.3. The summed E-state index contributed by atoms with van der Waals surface area (Å²) >= 11 is 5.74. The molecule has 0 aliphatic carbocycles. The summed E-state index contributed by atoms with van der Waals surface area (Å²) in [5.74, 6) is -0.0566. The van der Waals surface area contributed by atoms with E-state index in [1.807, 2.05) is 6.07 Å². The van der Waals surface area contributed by atoms with E-state index < -0.39 is 5.82 Å². The highest BCUT2D eigenvalue weighted by Crippen LogP contribution is 2.33. The Hall–Kier alpha value is -2.33. The number of benzene rings is 2. The summed E-state index contributed by atoms with van der Waals surface area (Å²) in [4.78, 5) is 4.20. The van der Waals surface area contributed by atoms with Crippen molar-refractivity contribution in [3.63, 3.8) is 0 Å². The van der Waals surface area contributed by atoms with Gasteiger partial charge in [0.2, 0.25) is 0 Å². The third kappa shape index (κ3) is 2.14. The average Bonchev–Trinajstić information content (AvgIpc) is 2.45. The van der Waals surface area contributed by atoms with E-state index in [2.05, 4.69) is 4.98 Å². The molecule has 0 aliphatic heterocycles. The number of aromatic nitrogens is 1. The number of pyridine rings is 1. The van der Waals surface area contributed by atoms with Gasteiger partial charge in [0.25, 0.3) is 0 Å². The van der Waals surface area contributed by atoms with Gasteiger partial charge >= 0.3 is 0 Å². The molecule has 20 heavy (non-hydrogen) atoms. The maximum absolute atomic E-state index is 13.9. The number of halogens is 2. The van der Waals surface area contributed by atoms with E-state index in [0.29, 0.717) is 22.3 Å². The van der Waals surface area contributed by atoms with Gasteiger partial charge in [-0.15, -0.1) is 0 Å². The van der Waals surface area contributed by atoms with Crippen molar-refractivity contribution in [3.8, 4) is 11.5 Å². The number of para-hydroxylation sites is 1. The third-order valence-corrected chi connectivity index (χ3v) is 3.19. The molecule has 2 aromatic carbocycles. The van der Waals surface area contributed by atoms with Crippen LogP contribution in [-0.4, -0.2) is 4.98 Å². The van der Waals surface area contributed by atoms with E-state index in [0.717, 1.165) is 0 Å². The van der Waals surface area contributed by atoms with Crippen molar-refractivity contribution >= 4 is 28.2 Å². The highest BCUT2D eigenvalue weighted by molar-refractivity contribution is 6.30. The van der Waals surface area contributed by atoms with E-state index >= 15 is 0 Å². The maximum atomic E-state index is 13.9. The molecule has 3 aromatic rings. The Labute approximate surface area is 119 Å². The lowest BCUT2D eigenvalue weighted by Gasteiger charge is -2.10. The normalized spacial score (nSPS) is 10.7. The summed E-state index contributed by atoms with van der Waals surface area (Å²) in [5, 5.41) is 0.729. The van der Waals surface area contributed by atoms with Gasteiger partial charge in [-0.25, -0.2) is 4.39 Å². The molecule has 0 bridgehead atoms. The van der Waals surface area contributed by atoms with Crippen LogP contribution in [0.15, 0.2) is 48.7 Å². The van der Waals surface area contributed by atoms with Crippen LogP contribution in [0.4, 0.5) is 10.1 Å². The van der Waals surface area contributed by atoms with Crippen LogP contribution in [0, 0.1) is 5.82 Å². The van der Waals surface area contributed by atoms with E-state index in [1.54, 1.807) is 30.5 Å². The second-order valence-electron chi connectivity index (χ2n) is 4.21. The molecule has 0 amide bonds. The van der Waals surface area contributed by atoms with Crippen molar-refractivity contribution in [2.75, 3.05) is 5.73 Å². The number of nitrogens with two attached hydrogens (primary N) is 1. The van der Waals surface area contributed by atoms with E-state index in [-0.39, 0.29) is 10.8 Å². The fourth-order valence-corrected chi connectivity index (χ4v) is 2.11. The second kappa shape index (κ2) is 4.98. The number of ether oxygens (including phenoxy) is 1. The molecular weight excluding hydrogens is 279 g/mol. The van der Waals surface area contributed by atoms with Gasteiger partial charge in [-0.2, -0.15) is 0 Å². The maximum Gasteiger partial charge on any atom is 0.184 e. The van der Waals surface area contributed by atoms with Crippen LogP contribution >= 0.6 is 11.6 Å². The molecule has 0 spiro atoms. The van der Waals surface area contributed by atoms with Crippen LogP contribution in [0.3, 0.4) is 0 Å². The first kappa shape index (κ1) is 12.7. The zero-order valence-corrected chi connectivity index (χ0v) is 11.1. The summed E-state index contributed by atoms with van der Waals surface area (Å²) in [6.45, 7) is 0. The minimum Gasteiger partial charge on any atom is -0.453 e. The highest BCUT2D eigenvalue weighted by atomic mass is 35.5. The fourth-order valence-electron chi connectivity index (χ4n) is 1.94. The molecule has 100 valence electrons. The van der Waals surface area contributed by atoms with Gasteiger partial charge in [0.05, 0.1) is 16.2 Å². The van der Waals surface area contributed by atoms with Gasteiger partial charge in [-0.1, -0.05) is 23.7 Å². The number of nitrogen functional groups attached to an aromatic ring is 1. The Kier molecular flexibility index (Phi) is 3.16. The molecule has 1 heterocycles. The molecule has 0 aliphatic rings. The van der Waals surface area contributed by atoms with Gasteiger partial charge in [0.1, 0.15) is 5.75 Å². The summed E-state index contributed by atoms with van der Waals surface area (Å²) < 4.78 is 19.5. The lowest BCUT2D eigenvalue weighted by Crippen LogP contribution is -1.93. The molecule has 0 atom stereocenters. The topological polar surface area (TPSA) is 48.1 Å². The Morgan fingerprint density at radius 1 is 1.05 bits per heavy atom. The van der Waals surface area contributed by atoms with Crippen LogP contribution in [0.25, 0.3) is 10.9 Å². The smallest absolute Gasteiger partial charge is 0.184 e. The van der Waals surface area contributed by atoms with Gasteiger partial charge in [0, 0.05) is 11.6 Å². The number of rotatable bonds is 2. The van der Waals surface area contributed by atoms with E-state index in [9.17, 15) is 4.39 Å². The molecule has 0 saturated carbocycles. The first-order valence-corrected chi connectivity index (χ1v) is 6.29. The highest BCUT2D eigenvalue weighted by Gasteiger charge is 2.11. The minimum absolute atomic E-state index is 0.0142. The minimum atomic E-state index is -0.594. The summed E-state index contributed by atoms with van der Waals surface area (Å²) in [6, 6.07) is 11.6. The Morgan fingerprint density at radius 2 is 1.85 bits per heavy atom. The van der Waals surface area contributed by atoms with Crippen LogP contribution in [0.5, 0.6) is 11.5 Å². The molecule has 0 saturated heterocycles. The molecule has 0 radical (unpaired) electrons. The van der Waals surface area contributed by atoms with Crippen LogP contribution in [-0.2, 0) is 0 Å². The first-order valence-electron chi connectivity index (χ1n) is 5.92. The number of fused-ring (bicyclic) bond motifs is 1. The Balaban J connectivity index is 2.12. The Bertz CT molecular complexity index is 792. The van der Waals surface area contributed by atoms with Crippen molar-refractivity contribution in [2.45, 2.75) is 0 Å². The van der Waals surface area contributed by atoms with Crippen molar-refractivity contribution < 1.29 is 9.13 Å². The molecule has 3 nitrogen and oxygen atoms in total. The molecule has 3 rings (SSSR count). The number of hydrogen-bond acceptors (Lipinski definition) is 3. The SMILES string of the molecule is Nc1cccc2c(Oc3cccc(Cl)c3F)ccnc12. The van der Waals surface area contributed by atoms with Crippen LogP contribution < -0.4 is 10.5 Å². The van der Waals surface area contributed by atoms with E-state index in [4.69, 9.17) is 22.1 Å². The van der Waals surface area contributed by atoms with Crippen molar-refractivity contribution in [2.24, 2.45) is 0 Å². The lowest BCUT2D eigenvalue weighted by molar-refractivity contribution is 0.446. The van der Waals surface area contributed by atoms with Crippen molar-refractivity contribution in [1.82, 2.24) is 4.98 Å². The first-order chi connectivity index (χ1) is 9.66. The largest absolute Gasteiger partial charge is 0.453 e. The summed E-state index contributed by atoms with van der Waals surface area (Å²) in [5.41, 5.74) is 7.02. The van der Waals surface area contributed by atoms with Crippen molar-refractivity contribution in [3.05, 3.63) is 59.5 Å². The quantitative estimate of drug-likeness (QED) is 0.711. The predicted molar refractivity (Wildman–Crippen MR) is 77.6 cm³/mol. The van der Waals surface area contributed by atoms with Gasteiger partial charge in [-0.05, 0) is 30.3 Å². The lowest BCUT2D eigenvalue weighted by atomic mass is 10.2. The fraction of sp³-hybridized carbons (Fsp3) is 0. The third-order valence-electron chi connectivity index (χ3n) is 2.90. The van der Waals surface area contributed by atoms with E-state index in [1.165, 1.54) is 12.1 Å². The molecular formula is C15H10ClFN2O. The van der Waals surface area contributed by atoms with Gasteiger partial charge < -0.3 is 10.5 Å². The second-order valence-corrected chi connectivity index (χ2v) is 4.61. The number of hydrogen-bond donors (Lipinski definition) is 1. The van der Waals surface area contributed by atoms with Crippen LogP contribution in [0.2, 0.25) is 5.02 Å². The summed E-state index contributed by atoms with van der Waals surface area (Å²) in [6.07, 6.45) is 1.57. The van der Waals surface area contributed by atoms with Gasteiger partial charge in [0.15, 0.2) is 11.6 Å². The molecule has 2 N–H and O–H groups in total. The monoisotopic (exact) mass is 288 g/mol. The molecule has 0 fully saturated rings. The number of nitrogens with zero attached hydrogens (tertiary/aromatic N) is 1. The molecule has 5 heteroatoms. The molecule has 0 unspecified atom stereocenters.